The fourth-order valence-corrected chi connectivity index (χ4v) is 1.20. The van der Waals surface area contributed by atoms with Gasteiger partial charge in [0, 0.05) is 13.1 Å². The summed E-state index contributed by atoms with van der Waals surface area (Å²) in [5.74, 6) is 0.892. The first-order valence-electron chi connectivity index (χ1n) is 5.97. The third kappa shape index (κ3) is 4.80. The predicted octanol–water partition coefficient (Wildman–Crippen LogP) is 1.68. The monoisotopic (exact) mass is 236 g/mol. The lowest BCUT2D eigenvalue weighted by Gasteiger charge is -2.08. The van der Waals surface area contributed by atoms with Crippen LogP contribution < -0.4 is 10.6 Å². The van der Waals surface area contributed by atoms with Crippen LogP contribution in [0.4, 0.5) is 5.82 Å². The molecule has 1 rings (SSSR count). The van der Waals surface area contributed by atoms with Crippen LogP contribution in [0.15, 0.2) is 12.4 Å². The van der Waals surface area contributed by atoms with Crippen molar-refractivity contribution in [3.8, 4) is 0 Å². The molecular formula is C12H20N4O. The minimum absolute atomic E-state index is 0.175. The minimum atomic E-state index is -0.175. The van der Waals surface area contributed by atoms with Gasteiger partial charge in [0.15, 0.2) is 0 Å². The maximum absolute atomic E-state index is 11.7. The molecule has 1 amide bonds. The summed E-state index contributed by atoms with van der Waals surface area (Å²) in [5, 5.41) is 5.91. The van der Waals surface area contributed by atoms with Crippen LogP contribution in [0.1, 0.15) is 37.7 Å². The molecule has 0 radical (unpaired) electrons. The molecule has 5 heteroatoms. The van der Waals surface area contributed by atoms with E-state index in [0.717, 1.165) is 13.0 Å². The number of carbonyl (C=O) groups is 1. The lowest BCUT2D eigenvalue weighted by Crippen LogP contribution is -2.28. The zero-order valence-electron chi connectivity index (χ0n) is 10.7. The maximum Gasteiger partial charge on any atom is 0.271 e. The van der Waals surface area contributed by atoms with Crippen LogP contribution in [0.2, 0.25) is 0 Å². The van der Waals surface area contributed by atoms with Gasteiger partial charge in [0.05, 0.1) is 12.4 Å². The van der Waals surface area contributed by atoms with Gasteiger partial charge in [-0.3, -0.25) is 9.78 Å². The Hall–Kier alpha value is -1.65. The fraction of sp³-hybridized carbons (Fsp3) is 0.583. The molecule has 0 saturated carbocycles. The Morgan fingerprint density at radius 3 is 2.82 bits per heavy atom. The summed E-state index contributed by atoms with van der Waals surface area (Å²) in [7, 11) is 0. The van der Waals surface area contributed by atoms with Crippen LogP contribution in [0.5, 0.6) is 0 Å². The molecule has 0 aliphatic carbocycles. The Morgan fingerprint density at radius 2 is 2.18 bits per heavy atom. The molecule has 2 N–H and O–H groups in total. The number of nitrogens with one attached hydrogen (secondary N) is 2. The summed E-state index contributed by atoms with van der Waals surface area (Å²) in [5.41, 5.74) is 0.353. The SMILES string of the molecule is CCCNc1cncc(C(=O)NCC(C)C)n1. The zero-order valence-corrected chi connectivity index (χ0v) is 10.7. The number of hydrogen-bond donors (Lipinski definition) is 2. The molecule has 1 heterocycles. The van der Waals surface area contributed by atoms with Gasteiger partial charge in [0.25, 0.3) is 5.91 Å². The highest BCUT2D eigenvalue weighted by Crippen LogP contribution is 2.02. The van der Waals surface area contributed by atoms with Crippen LogP contribution in [0.3, 0.4) is 0 Å². The first kappa shape index (κ1) is 13.4. The lowest BCUT2D eigenvalue weighted by atomic mass is 10.2. The lowest BCUT2D eigenvalue weighted by molar-refractivity contribution is 0.0943. The summed E-state index contributed by atoms with van der Waals surface area (Å²) in [4.78, 5) is 19.9. The van der Waals surface area contributed by atoms with Crippen LogP contribution in [-0.4, -0.2) is 29.0 Å². The Labute approximate surface area is 102 Å². The average Bonchev–Trinajstić information content (AvgIpc) is 2.33. The van der Waals surface area contributed by atoms with E-state index in [0.29, 0.717) is 24.0 Å². The molecule has 0 saturated heterocycles. The molecule has 0 fully saturated rings. The van der Waals surface area contributed by atoms with Gasteiger partial charge in [0.1, 0.15) is 11.5 Å². The van der Waals surface area contributed by atoms with E-state index in [1.807, 2.05) is 13.8 Å². The quantitative estimate of drug-likeness (QED) is 0.788. The first-order chi connectivity index (χ1) is 8.13. The van der Waals surface area contributed by atoms with Crippen molar-refractivity contribution in [2.24, 2.45) is 5.92 Å². The van der Waals surface area contributed by atoms with Gasteiger partial charge >= 0.3 is 0 Å². The summed E-state index contributed by atoms with van der Waals surface area (Å²) in [6.45, 7) is 7.63. The molecular weight excluding hydrogens is 216 g/mol. The third-order valence-corrected chi connectivity index (χ3v) is 2.09. The molecule has 5 nitrogen and oxygen atoms in total. The molecule has 0 atom stereocenters. The van der Waals surface area contributed by atoms with E-state index >= 15 is 0 Å². The first-order valence-corrected chi connectivity index (χ1v) is 5.97. The normalized spacial score (nSPS) is 10.4. The van der Waals surface area contributed by atoms with Gasteiger partial charge in [-0.25, -0.2) is 4.98 Å². The van der Waals surface area contributed by atoms with Gasteiger partial charge < -0.3 is 10.6 Å². The number of hydrogen-bond acceptors (Lipinski definition) is 4. The summed E-state index contributed by atoms with van der Waals surface area (Å²) >= 11 is 0. The van der Waals surface area contributed by atoms with Crippen molar-refractivity contribution in [3.05, 3.63) is 18.1 Å². The van der Waals surface area contributed by atoms with Crippen molar-refractivity contribution in [3.63, 3.8) is 0 Å². The number of nitrogens with zero attached hydrogens (tertiary/aromatic N) is 2. The number of carbonyl (C=O) groups excluding carboxylic acids is 1. The van der Waals surface area contributed by atoms with Crippen LogP contribution in [-0.2, 0) is 0 Å². The summed E-state index contributed by atoms with van der Waals surface area (Å²) < 4.78 is 0. The van der Waals surface area contributed by atoms with Gasteiger partial charge in [-0.05, 0) is 12.3 Å². The van der Waals surface area contributed by atoms with Crippen LogP contribution in [0, 0.1) is 5.92 Å². The van der Waals surface area contributed by atoms with Crippen molar-refractivity contribution in [2.75, 3.05) is 18.4 Å². The van der Waals surface area contributed by atoms with Crippen LogP contribution >= 0.6 is 0 Å². The van der Waals surface area contributed by atoms with Gasteiger partial charge in [-0.15, -0.1) is 0 Å². The number of anilines is 1. The second-order valence-corrected chi connectivity index (χ2v) is 4.32. The van der Waals surface area contributed by atoms with Gasteiger partial charge in [-0.2, -0.15) is 0 Å². The highest BCUT2D eigenvalue weighted by molar-refractivity contribution is 5.92. The number of amides is 1. The molecule has 0 aromatic carbocycles. The molecule has 94 valence electrons. The summed E-state index contributed by atoms with van der Waals surface area (Å²) in [6.07, 6.45) is 4.10. The fourth-order valence-electron chi connectivity index (χ4n) is 1.20. The van der Waals surface area contributed by atoms with Crippen LogP contribution in [0.25, 0.3) is 0 Å². The second-order valence-electron chi connectivity index (χ2n) is 4.32. The smallest absolute Gasteiger partial charge is 0.271 e. The Balaban J connectivity index is 2.60. The Kier molecular flexibility index (Phi) is 5.39. The standard InChI is InChI=1S/C12H20N4O/c1-4-5-14-11-8-13-7-10(16-11)12(17)15-6-9(2)3/h7-9H,4-6H2,1-3H3,(H,14,16)(H,15,17). The molecule has 0 aliphatic heterocycles. The van der Waals surface area contributed by atoms with E-state index < -0.39 is 0 Å². The van der Waals surface area contributed by atoms with E-state index in [4.69, 9.17) is 0 Å². The maximum atomic E-state index is 11.7. The number of rotatable bonds is 6. The molecule has 0 aliphatic rings. The van der Waals surface area contributed by atoms with Crippen molar-refractivity contribution in [1.82, 2.24) is 15.3 Å². The van der Waals surface area contributed by atoms with E-state index in [1.165, 1.54) is 6.20 Å². The molecule has 1 aromatic heterocycles. The largest absolute Gasteiger partial charge is 0.369 e. The van der Waals surface area contributed by atoms with E-state index in [1.54, 1.807) is 6.20 Å². The van der Waals surface area contributed by atoms with Gasteiger partial charge in [-0.1, -0.05) is 20.8 Å². The Morgan fingerprint density at radius 1 is 1.41 bits per heavy atom. The van der Waals surface area contributed by atoms with E-state index in [-0.39, 0.29) is 5.91 Å². The molecule has 0 spiro atoms. The van der Waals surface area contributed by atoms with E-state index in [2.05, 4.69) is 27.5 Å². The average molecular weight is 236 g/mol. The molecule has 1 aromatic rings. The molecule has 0 bridgehead atoms. The van der Waals surface area contributed by atoms with E-state index in [9.17, 15) is 4.79 Å². The van der Waals surface area contributed by atoms with Gasteiger partial charge in [0.2, 0.25) is 0 Å². The molecule has 0 unspecified atom stereocenters. The van der Waals surface area contributed by atoms with Crippen molar-refractivity contribution in [1.29, 1.82) is 0 Å². The topological polar surface area (TPSA) is 66.9 Å². The highest BCUT2D eigenvalue weighted by Gasteiger charge is 2.08. The summed E-state index contributed by atoms with van der Waals surface area (Å²) in [6, 6.07) is 0. The zero-order chi connectivity index (χ0) is 12.7. The predicted molar refractivity (Wildman–Crippen MR) is 68.0 cm³/mol. The number of aromatic nitrogens is 2. The minimum Gasteiger partial charge on any atom is -0.369 e. The Bertz CT molecular complexity index is 365. The van der Waals surface area contributed by atoms with Crippen molar-refractivity contribution >= 4 is 11.7 Å². The third-order valence-electron chi connectivity index (χ3n) is 2.09. The van der Waals surface area contributed by atoms with Crippen molar-refractivity contribution < 1.29 is 4.79 Å². The molecule has 17 heavy (non-hydrogen) atoms. The van der Waals surface area contributed by atoms with Crippen molar-refractivity contribution in [2.45, 2.75) is 27.2 Å². The second kappa shape index (κ2) is 6.83. The highest BCUT2D eigenvalue weighted by atomic mass is 16.1.